The summed E-state index contributed by atoms with van der Waals surface area (Å²) in [5.74, 6) is -0.350. The van der Waals surface area contributed by atoms with Crippen LogP contribution in [0.15, 0.2) is 34.9 Å². The van der Waals surface area contributed by atoms with Gasteiger partial charge in [0.15, 0.2) is 0 Å². The van der Waals surface area contributed by atoms with Crippen molar-refractivity contribution in [2.24, 2.45) is 0 Å². The van der Waals surface area contributed by atoms with E-state index in [-0.39, 0.29) is 17.6 Å². The third-order valence-electron chi connectivity index (χ3n) is 4.11. The number of aryl methyl sites for hydroxylation is 1. The fourth-order valence-electron chi connectivity index (χ4n) is 2.70. The summed E-state index contributed by atoms with van der Waals surface area (Å²) < 4.78 is 18.9. The lowest BCUT2D eigenvalue weighted by Gasteiger charge is -2.10. The molecule has 0 bridgehead atoms. The molecule has 1 N–H and O–H groups in total. The van der Waals surface area contributed by atoms with E-state index in [1.165, 1.54) is 6.07 Å². The van der Waals surface area contributed by atoms with E-state index >= 15 is 0 Å². The zero-order valence-electron chi connectivity index (χ0n) is 14.5. The van der Waals surface area contributed by atoms with E-state index in [0.717, 1.165) is 5.69 Å². The fraction of sp³-hybridized carbons (Fsp3) is 0.316. The van der Waals surface area contributed by atoms with Gasteiger partial charge in [0.05, 0.1) is 16.6 Å². The number of carbonyl (C=O) groups is 1. The molecule has 0 atom stereocenters. The molecule has 0 aliphatic rings. The van der Waals surface area contributed by atoms with Gasteiger partial charge in [-0.15, -0.1) is 0 Å². The first kappa shape index (κ1) is 17.1. The summed E-state index contributed by atoms with van der Waals surface area (Å²) in [6.45, 7) is 6.11. The zero-order chi connectivity index (χ0) is 18.0. The van der Waals surface area contributed by atoms with E-state index in [9.17, 15) is 9.18 Å². The van der Waals surface area contributed by atoms with Gasteiger partial charge >= 0.3 is 0 Å². The molecule has 25 heavy (non-hydrogen) atoms. The van der Waals surface area contributed by atoms with Crippen molar-refractivity contribution < 1.29 is 13.7 Å². The maximum Gasteiger partial charge on any atom is 0.259 e. The molecular weight excluding hydrogens is 321 g/mol. The van der Waals surface area contributed by atoms with Crippen LogP contribution >= 0.6 is 0 Å². The summed E-state index contributed by atoms with van der Waals surface area (Å²) >= 11 is 0. The predicted molar refractivity (Wildman–Crippen MR) is 93.1 cm³/mol. The molecule has 1 amide bonds. The van der Waals surface area contributed by atoms with Crippen LogP contribution in [-0.4, -0.2) is 22.6 Å². The predicted octanol–water partition coefficient (Wildman–Crippen LogP) is 3.77. The number of aromatic nitrogens is 2. The highest BCUT2D eigenvalue weighted by molar-refractivity contribution is 6.06. The molecule has 0 spiro atoms. The number of benzene rings is 1. The van der Waals surface area contributed by atoms with E-state index in [1.54, 1.807) is 31.2 Å². The Hall–Kier alpha value is -2.76. The smallest absolute Gasteiger partial charge is 0.259 e. The highest BCUT2D eigenvalue weighted by Crippen LogP contribution is 2.25. The lowest BCUT2D eigenvalue weighted by Crippen LogP contribution is -2.26. The van der Waals surface area contributed by atoms with Gasteiger partial charge < -0.3 is 9.84 Å². The van der Waals surface area contributed by atoms with Gasteiger partial charge in [-0.1, -0.05) is 37.2 Å². The topological polar surface area (TPSA) is 68.0 Å². The number of hydrogen-bond acceptors (Lipinski definition) is 4. The SMILES string of the molecule is Cc1noc2nc(C(C)C)cc(C(=O)NCCc3ccccc3F)c12. The first-order chi connectivity index (χ1) is 12.0. The molecule has 1 aromatic carbocycles. The number of rotatable bonds is 5. The molecule has 0 fully saturated rings. The van der Waals surface area contributed by atoms with Gasteiger partial charge in [0.1, 0.15) is 5.82 Å². The van der Waals surface area contributed by atoms with Crippen molar-refractivity contribution in [3.05, 3.63) is 58.7 Å². The lowest BCUT2D eigenvalue weighted by molar-refractivity contribution is 0.0955. The van der Waals surface area contributed by atoms with Crippen molar-refractivity contribution in [1.29, 1.82) is 0 Å². The molecule has 0 saturated heterocycles. The monoisotopic (exact) mass is 341 g/mol. The number of hydrogen-bond donors (Lipinski definition) is 1. The minimum Gasteiger partial charge on any atom is -0.352 e. The van der Waals surface area contributed by atoms with Crippen LogP contribution in [0.3, 0.4) is 0 Å². The molecule has 6 heteroatoms. The second-order valence-electron chi connectivity index (χ2n) is 6.29. The first-order valence-corrected chi connectivity index (χ1v) is 8.26. The van der Waals surface area contributed by atoms with Crippen molar-refractivity contribution in [2.45, 2.75) is 33.1 Å². The van der Waals surface area contributed by atoms with E-state index < -0.39 is 0 Å². The van der Waals surface area contributed by atoms with E-state index in [1.807, 2.05) is 13.8 Å². The van der Waals surface area contributed by atoms with Crippen LogP contribution in [0.1, 0.15) is 47.1 Å². The Kier molecular flexibility index (Phi) is 4.79. The quantitative estimate of drug-likeness (QED) is 0.767. The maximum atomic E-state index is 13.7. The lowest BCUT2D eigenvalue weighted by atomic mass is 10.0. The van der Waals surface area contributed by atoms with Crippen LogP contribution in [0, 0.1) is 12.7 Å². The molecule has 0 unspecified atom stereocenters. The third kappa shape index (κ3) is 3.52. The Morgan fingerprint density at radius 2 is 2.08 bits per heavy atom. The van der Waals surface area contributed by atoms with Crippen LogP contribution in [0.25, 0.3) is 11.1 Å². The molecule has 0 aliphatic carbocycles. The number of halogens is 1. The van der Waals surface area contributed by atoms with Crippen molar-refractivity contribution in [1.82, 2.24) is 15.5 Å². The average Bonchev–Trinajstić information content (AvgIpc) is 2.97. The fourth-order valence-corrected chi connectivity index (χ4v) is 2.70. The van der Waals surface area contributed by atoms with Gasteiger partial charge in [-0.2, -0.15) is 0 Å². The Morgan fingerprint density at radius 1 is 1.32 bits per heavy atom. The van der Waals surface area contributed by atoms with Crippen molar-refractivity contribution in [3.63, 3.8) is 0 Å². The summed E-state index contributed by atoms with van der Waals surface area (Å²) in [7, 11) is 0. The Labute approximate surface area is 145 Å². The number of fused-ring (bicyclic) bond motifs is 1. The Balaban J connectivity index is 1.81. The van der Waals surface area contributed by atoms with Gasteiger partial charge in [-0.25, -0.2) is 9.37 Å². The Bertz CT molecular complexity index is 918. The zero-order valence-corrected chi connectivity index (χ0v) is 14.5. The van der Waals surface area contributed by atoms with Gasteiger partial charge in [0.25, 0.3) is 11.6 Å². The summed E-state index contributed by atoms with van der Waals surface area (Å²) in [4.78, 5) is 17.1. The van der Waals surface area contributed by atoms with Crippen molar-refractivity contribution >= 4 is 17.0 Å². The highest BCUT2D eigenvalue weighted by Gasteiger charge is 2.19. The molecule has 130 valence electrons. The second-order valence-corrected chi connectivity index (χ2v) is 6.29. The number of amides is 1. The number of pyridine rings is 1. The van der Waals surface area contributed by atoms with Crippen LogP contribution in [0.2, 0.25) is 0 Å². The molecule has 0 saturated carbocycles. The minimum atomic E-state index is -0.264. The van der Waals surface area contributed by atoms with Gasteiger partial charge in [-0.05, 0) is 37.0 Å². The van der Waals surface area contributed by atoms with Crippen LogP contribution in [0.4, 0.5) is 4.39 Å². The van der Waals surface area contributed by atoms with Gasteiger partial charge in [0.2, 0.25) is 0 Å². The van der Waals surface area contributed by atoms with Crippen molar-refractivity contribution in [3.8, 4) is 0 Å². The normalized spacial score (nSPS) is 11.2. The molecule has 3 aromatic rings. The molecular formula is C19H20FN3O2. The summed E-state index contributed by atoms with van der Waals surface area (Å²) in [6, 6.07) is 8.33. The molecule has 0 radical (unpaired) electrons. The molecule has 0 aliphatic heterocycles. The number of nitrogens with zero attached hydrogens (tertiary/aromatic N) is 2. The van der Waals surface area contributed by atoms with Gasteiger partial charge in [-0.3, -0.25) is 4.79 Å². The molecule has 2 aromatic heterocycles. The van der Waals surface area contributed by atoms with Crippen molar-refractivity contribution in [2.75, 3.05) is 6.54 Å². The van der Waals surface area contributed by atoms with E-state index in [0.29, 0.717) is 40.9 Å². The highest BCUT2D eigenvalue weighted by atomic mass is 19.1. The minimum absolute atomic E-state index is 0.153. The maximum absolute atomic E-state index is 13.7. The van der Waals surface area contributed by atoms with E-state index in [4.69, 9.17) is 4.52 Å². The summed E-state index contributed by atoms with van der Waals surface area (Å²) in [5, 5.41) is 7.38. The Morgan fingerprint density at radius 3 is 2.80 bits per heavy atom. The number of carbonyl (C=O) groups excluding carboxylic acids is 1. The van der Waals surface area contributed by atoms with Crippen LogP contribution in [-0.2, 0) is 6.42 Å². The molecule has 5 nitrogen and oxygen atoms in total. The van der Waals surface area contributed by atoms with Crippen LogP contribution in [0.5, 0.6) is 0 Å². The third-order valence-corrected chi connectivity index (χ3v) is 4.11. The molecule has 3 rings (SSSR count). The largest absolute Gasteiger partial charge is 0.352 e. The van der Waals surface area contributed by atoms with Crippen LogP contribution < -0.4 is 5.32 Å². The number of nitrogens with one attached hydrogen (secondary N) is 1. The summed E-state index contributed by atoms with van der Waals surface area (Å²) in [6.07, 6.45) is 0.423. The first-order valence-electron chi connectivity index (χ1n) is 8.26. The summed E-state index contributed by atoms with van der Waals surface area (Å²) in [5.41, 5.74) is 2.82. The van der Waals surface area contributed by atoms with E-state index in [2.05, 4.69) is 15.5 Å². The standard InChI is InChI=1S/C19H20FN3O2/c1-11(2)16-10-14(17-12(3)23-25-19(17)22-16)18(24)21-9-8-13-6-4-5-7-15(13)20/h4-7,10-11H,8-9H2,1-3H3,(H,21,24). The second kappa shape index (κ2) is 7.01. The van der Waals surface area contributed by atoms with Gasteiger partial charge in [0, 0.05) is 12.2 Å². The average molecular weight is 341 g/mol. The molecule has 2 heterocycles.